The normalized spacial score (nSPS) is 17.2. The summed E-state index contributed by atoms with van der Waals surface area (Å²) >= 11 is 0. The van der Waals surface area contributed by atoms with Gasteiger partial charge in [0, 0.05) is 32.9 Å². The Labute approximate surface area is 371 Å². The van der Waals surface area contributed by atoms with Crippen LogP contribution in [-0.4, -0.2) is 9.13 Å². The summed E-state index contributed by atoms with van der Waals surface area (Å²) in [6.07, 6.45) is 0. The van der Waals surface area contributed by atoms with Gasteiger partial charge in [-0.15, -0.1) is 0 Å². The number of benzene rings is 10. The predicted molar refractivity (Wildman–Crippen MR) is 265 cm³/mol. The molecule has 0 fully saturated rings. The van der Waals surface area contributed by atoms with Gasteiger partial charge in [0.1, 0.15) is 0 Å². The minimum absolute atomic E-state index is 0.739. The van der Waals surface area contributed by atoms with Crippen LogP contribution in [0, 0.1) is 0 Å². The highest BCUT2D eigenvalue weighted by atomic mass is 15.0. The lowest BCUT2D eigenvalue weighted by Crippen LogP contribution is -2.50. The Morgan fingerprint density at radius 1 is 0.234 bits per heavy atom. The van der Waals surface area contributed by atoms with Gasteiger partial charge >= 0.3 is 0 Å². The van der Waals surface area contributed by atoms with E-state index in [2.05, 4.69) is 252 Å². The van der Waals surface area contributed by atoms with Crippen molar-refractivity contribution in [2.24, 2.45) is 0 Å². The second-order valence-electron chi connectivity index (χ2n) is 17.5. The summed E-state index contributed by atoms with van der Waals surface area (Å²) in [6, 6.07) is 91.4. The van der Waals surface area contributed by atoms with Crippen LogP contribution < -0.4 is 0 Å². The van der Waals surface area contributed by atoms with Crippen LogP contribution in [0.2, 0.25) is 0 Å². The Kier molecular flexibility index (Phi) is 7.28. The van der Waals surface area contributed by atoms with E-state index in [4.69, 9.17) is 0 Å². The minimum atomic E-state index is -0.739. The number of hydrogen-bond donors (Lipinski definition) is 0. The Morgan fingerprint density at radius 3 is 0.906 bits per heavy atom. The molecule has 0 saturated carbocycles. The summed E-state index contributed by atoms with van der Waals surface area (Å²) in [7, 11) is 0. The van der Waals surface area contributed by atoms with Gasteiger partial charge in [-0.05, 0) is 104 Å². The van der Waals surface area contributed by atoms with Gasteiger partial charge in [0.25, 0.3) is 0 Å². The highest BCUT2D eigenvalue weighted by Gasteiger charge is 2.64. The minimum Gasteiger partial charge on any atom is -0.309 e. The molecule has 2 aliphatic carbocycles. The lowest BCUT2D eigenvalue weighted by Gasteiger charge is -2.50. The second kappa shape index (κ2) is 13.2. The number of nitrogens with zero attached hydrogens (tertiary/aromatic N) is 2. The molecular weight excluding hydrogens is 773 g/mol. The van der Waals surface area contributed by atoms with Crippen LogP contribution in [-0.2, 0) is 10.8 Å². The zero-order valence-electron chi connectivity index (χ0n) is 35.0. The smallest absolute Gasteiger partial charge is 0.0642 e. The van der Waals surface area contributed by atoms with Crippen LogP contribution in [0.1, 0.15) is 33.4 Å². The molecular formula is C62H40N2. The Bertz CT molecular complexity index is 3490. The van der Waals surface area contributed by atoms with Crippen molar-refractivity contribution >= 4 is 43.6 Å². The van der Waals surface area contributed by atoms with E-state index in [0.717, 1.165) is 11.4 Å². The number of hydrogen-bond acceptors (Lipinski definition) is 0. The van der Waals surface area contributed by atoms with E-state index in [1.807, 2.05) is 0 Å². The predicted octanol–water partition coefficient (Wildman–Crippen LogP) is 15.2. The monoisotopic (exact) mass is 812 g/mol. The van der Waals surface area contributed by atoms with Gasteiger partial charge in [-0.2, -0.15) is 0 Å². The van der Waals surface area contributed by atoms with E-state index in [9.17, 15) is 0 Å². The van der Waals surface area contributed by atoms with Crippen molar-refractivity contribution in [2.45, 2.75) is 10.8 Å². The first kappa shape index (κ1) is 35.4. The molecule has 2 heterocycles. The number of para-hydroxylation sites is 4. The molecule has 0 spiro atoms. The van der Waals surface area contributed by atoms with Crippen LogP contribution in [0.25, 0.3) is 77.2 Å². The van der Waals surface area contributed by atoms with Crippen LogP contribution in [0.15, 0.2) is 243 Å². The first-order valence-electron chi connectivity index (χ1n) is 22.4. The fourth-order valence-electron chi connectivity index (χ4n) is 12.5. The average Bonchev–Trinajstić information content (AvgIpc) is 4.07. The molecule has 2 heteroatoms. The van der Waals surface area contributed by atoms with Crippen LogP contribution in [0.4, 0.5) is 0 Å². The number of aromatic nitrogens is 2. The first-order valence-corrected chi connectivity index (χ1v) is 22.4. The summed E-state index contributed by atoms with van der Waals surface area (Å²) in [5, 5.41) is 5.03. The molecule has 2 unspecified atom stereocenters. The number of fused-ring (bicyclic) bond motifs is 12. The van der Waals surface area contributed by atoms with E-state index >= 15 is 0 Å². The molecule has 298 valence electrons. The van der Waals surface area contributed by atoms with Gasteiger partial charge in [0.15, 0.2) is 0 Å². The second-order valence-corrected chi connectivity index (χ2v) is 17.5. The fraction of sp³-hybridized carbons (Fsp3) is 0.0323. The highest BCUT2D eigenvalue weighted by molar-refractivity contribution is 6.10. The molecule has 2 nitrogen and oxygen atoms in total. The van der Waals surface area contributed by atoms with Crippen molar-refractivity contribution in [1.29, 1.82) is 0 Å². The first-order chi connectivity index (χ1) is 31.8. The molecule has 10 aromatic carbocycles. The van der Waals surface area contributed by atoms with Gasteiger partial charge in [0.05, 0.1) is 32.9 Å². The Balaban J connectivity index is 1.18. The van der Waals surface area contributed by atoms with E-state index in [0.29, 0.717) is 0 Å². The van der Waals surface area contributed by atoms with Gasteiger partial charge in [0.2, 0.25) is 0 Å². The van der Waals surface area contributed by atoms with Crippen LogP contribution in [0.5, 0.6) is 0 Å². The highest BCUT2D eigenvalue weighted by Crippen LogP contribution is 2.70. The van der Waals surface area contributed by atoms with Crippen molar-refractivity contribution in [3.8, 4) is 33.6 Å². The van der Waals surface area contributed by atoms with Crippen LogP contribution >= 0.6 is 0 Å². The lowest BCUT2D eigenvalue weighted by atomic mass is 9.49. The molecule has 0 bridgehead atoms. The summed E-state index contributed by atoms with van der Waals surface area (Å²) in [5.74, 6) is 0. The van der Waals surface area contributed by atoms with Gasteiger partial charge in [-0.1, -0.05) is 194 Å². The maximum Gasteiger partial charge on any atom is 0.0642 e. The molecule has 14 rings (SSSR count). The Hall–Kier alpha value is -8.20. The summed E-state index contributed by atoms with van der Waals surface area (Å²) in [6.45, 7) is 0. The van der Waals surface area contributed by atoms with Crippen molar-refractivity contribution in [3.05, 3.63) is 276 Å². The molecule has 0 radical (unpaired) electrons. The maximum absolute atomic E-state index is 2.54. The van der Waals surface area contributed by atoms with Crippen molar-refractivity contribution in [1.82, 2.24) is 9.13 Å². The molecule has 64 heavy (non-hydrogen) atoms. The third-order valence-electron chi connectivity index (χ3n) is 14.7. The largest absolute Gasteiger partial charge is 0.309 e. The van der Waals surface area contributed by atoms with E-state index in [1.54, 1.807) is 0 Å². The molecule has 0 N–H and O–H groups in total. The average molecular weight is 813 g/mol. The zero-order chi connectivity index (χ0) is 42.0. The fourth-order valence-corrected chi connectivity index (χ4v) is 12.5. The third kappa shape index (κ3) is 4.39. The molecule has 2 atom stereocenters. The van der Waals surface area contributed by atoms with Crippen LogP contribution in [0.3, 0.4) is 0 Å². The molecule has 2 aromatic heterocycles. The van der Waals surface area contributed by atoms with Crippen molar-refractivity contribution in [3.63, 3.8) is 0 Å². The van der Waals surface area contributed by atoms with Gasteiger partial charge in [-0.25, -0.2) is 0 Å². The molecule has 12 aromatic rings. The summed E-state index contributed by atoms with van der Waals surface area (Å²) in [4.78, 5) is 0. The maximum atomic E-state index is 2.54. The third-order valence-corrected chi connectivity index (χ3v) is 14.7. The molecule has 2 aliphatic rings. The molecule has 0 saturated heterocycles. The van der Waals surface area contributed by atoms with E-state index < -0.39 is 10.8 Å². The van der Waals surface area contributed by atoms with E-state index in [1.165, 1.54) is 99.2 Å². The summed E-state index contributed by atoms with van der Waals surface area (Å²) < 4.78 is 4.96. The summed E-state index contributed by atoms with van der Waals surface area (Å²) in [5.41, 5.74) is 18.5. The quantitative estimate of drug-likeness (QED) is 0.164. The number of rotatable bonds is 5. The molecule has 0 aliphatic heterocycles. The van der Waals surface area contributed by atoms with Crippen molar-refractivity contribution in [2.75, 3.05) is 0 Å². The topological polar surface area (TPSA) is 9.86 Å². The SMILES string of the molecule is c1ccc(C2(C3(c4ccccc4)c4ccccc4-c4ccc(-n5c6ccccc6c6ccccc65)cc43)c3ccccc3-c3ccc(-n4c5ccccc5c5ccccc54)cc32)cc1. The van der Waals surface area contributed by atoms with E-state index in [-0.39, 0.29) is 0 Å². The standard InChI is InChI=1S/C62H40N2/c1-3-19-41(20-4-1)61(53-29-13-7-23-45(53)47-37-35-43(39-55(47)61)63-57-31-15-9-25-49(57)50-26-10-16-32-58(50)63)62(42-21-5-2-6-22-42)54-30-14-8-24-46(54)48-38-36-44(40-56(48)62)64-59-33-17-11-27-51(59)52-28-12-18-34-60(52)64/h1-40H. The lowest BCUT2D eigenvalue weighted by molar-refractivity contribution is 0.437. The molecule has 0 amide bonds. The zero-order valence-corrected chi connectivity index (χ0v) is 35.0. The van der Waals surface area contributed by atoms with Gasteiger partial charge in [-0.3, -0.25) is 0 Å². The van der Waals surface area contributed by atoms with Crippen molar-refractivity contribution < 1.29 is 0 Å². The van der Waals surface area contributed by atoms with Gasteiger partial charge < -0.3 is 9.13 Å². The Morgan fingerprint density at radius 2 is 0.531 bits per heavy atom.